The number of aliphatic carboxylic acids is 1. The van der Waals surface area contributed by atoms with Gasteiger partial charge in [0.05, 0.1) is 5.92 Å². The summed E-state index contributed by atoms with van der Waals surface area (Å²) in [5.41, 5.74) is -0.211. The number of nitrogens with zero attached hydrogens (tertiary/aromatic N) is 1. The molecule has 0 aromatic carbocycles. The lowest BCUT2D eigenvalue weighted by atomic mass is 9.86. The number of aromatic nitrogens is 1. The molecular formula is C14H18N2O4. The topological polar surface area (TPSA) is 88.4 Å². The van der Waals surface area contributed by atoms with E-state index in [-0.39, 0.29) is 30.0 Å². The van der Waals surface area contributed by atoms with Crippen molar-refractivity contribution in [3.63, 3.8) is 0 Å². The first kappa shape index (κ1) is 14.3. The second-order valence-electron chi connectivity index (χ2n) is 5.12. The highest BCUT2D eigenvalue weighted by Crippen LogP contribution is 2.24. The van der Waals surface area contributed by atoms with E-state index in [4.69, 9.17) is 5.11 Å². The Labute approximate surface area is 116 Å². The van der Waals surface area contributed by atoms with E-state index in [0.29, 0.717) is 25.7 Å². The Kier molecular flexibility index (Phi) is 4.55. The molecule has 6 nitrogen and oxygen atoms in total. The average molecular weight is 278 g/mol. The number of amides is 1. The number of carboxylic acids is 1. The first-order chi connectivity index (χ1) is 9.56. The molecule has 1 aromatic rings. The highest BCUT2D eigenvalue weighted by molar-refractivity contribution is 5.76. The van der Waals surface area contributed by atoms with Gasteiger partial charge in [-0.2, -0.15) is 0 Å². The Morgan fingerprint density at radius 1 is 1.25 bits per heavy atom. The maximum absolute atomic E-state index is 11.9. The van der Waals surface area contributed by atoms with Crippen LogP contribution in [0.2, 0.25) is 0 Å². The standard InChI is InChI=1S/C14H18N2O4/c17-12(9-16-8-2-1-3-13(16)18)15-11-6-4-10(5-7-11)14(19)20/h1-3,8,10-11H,4-7,9H2,(H,15,17)(H,19,20). The number of hydrogen-bond donors (Lipinski definition) is 2. The largest absolute Gasteiger partial charge is 0.481 e. The maximum atomic E-state index is 11.9. The number of carboxylic acid groups (broad SMARTS) is 1. The summed E-state index contributed by atoms with van der Waals surface area (Å²) in [6.45, 7) is -0.00146. The van der Waals surface area contributed by atoms with E-state index in [9.17, 15) is 14.4 Å². The number of carbonyl (C=O) groups excluding carboxylic acids is 1. The van der Waals surface area contributed by atoms with Crippen LogP contribution in [-0.2, 0) is 16.1 Å². The predicted molar refractivity (Wildman–Crippen MR) is 72.2 cm³/mol. The minimum atomic E-state index is -0.759. The summed E-state index contributed by atoms with van der Waals surface area (Å²) in [7, 11) is 0. The fourth-order valence-corrected chi connectivity index (χ4v) is 2.50. The van der Waals surface area contributed by atoms with Crippen LogP contribution in [0.15, 0.2) is 29.2 Å². The van der Waals surface area contributed by atoms with Crippen molar-refractivity contribution in [2.75, 3.05) is 0 Å². The number of pyridine rings is 1. The first-order valence-electron chi connectivity index (χ1n) is 6.74. The normalized spacial score (nSPS) is 22.2. The summed E-state index contributed by atoms with van der Waals surface area (Å²) in [4.78, 5) is 34.2. The smallest absolute Gasteiger partial charge is 0.306 e. The van der Waals surface area contributed by atoms with Gasteiger partial charge in [0, 0.05) is 18.3 Å². The van der Waals surface area contributed by atoms with Gasteiger partial charge in [0.1, 0.15) is 6.54 Å². The molecule has 2 N–H and O–H groups in total. The van der Waals surface area contributed by atoms with Gasteiger partial charge < -0.3 is 15.0 Å². The molecule has 1 aliphatic rings. The van der Waals surface area contributed by atoms with E-state index in [0.717, 1.165) is 0 Å². The highest BCUT2D eigenvalue weighted by Gasteiger charge is 2.26. The molecule has 0 atom stereocenters. The Bertz CT molecular complexity index is 544. The Morgan fingerprint density at radius 2 is 1.95 bits per heavy atom. The van der Waals surface area contributed by atoms with Crippen LogP contribution in [0.5, 0.6) is 0 Å². The lowest BCUT2D eigenvalue weighted by Crippen LogP contribution is -2.41. The number of hydrogen-bond acceptors (Lipinski definition) is 3. The summed E-state index contributed by atoms with van der Waals surface area (Å²) < 4.78 is 1.35. The molecule has 0 unspecified atom stereocenters. The second kappa shape index (κ2) is 6.36. The summed E-state index contributed by atoms with van der Waals surface area (Å²) >= 11 is 0. The predicted octanol–water partition coefficient (Wildman–Crippen LogP) is 0.608. The van der Waals surface area contributed by atoms with Crippen LogP contribution in [0.1, 0.15) is 25.7 Å². The third-order valence-corrected chi connectivity index (χ3v) is 3.65. The monoisotopic (exact) mass is 278 g/mol. The third kappa shape index (κ3) is 3.69. The molecule has 108 valence electrons. The van der Waals surface area contributed by atoms with Gasteiger partial charge in [-0.15, -0.1) is 0 Å². The molecule has 0 saturated heterocycles. The zero-order valence-corrected chi connectivity index (χ0v) is 11.1. The third-order valence-electron chi connectivity index (χ3n) is 3.65. The van der Waals surface area contributed by atoms with Crippen molar-refractivity contribution < 1.29 is 14.7 Å². The number of rotatable bonds is 4. The fraction of sp³-hybridized carbons (Fsp3) is 0.500. The molecule has 1 heterocycles. The van der Waals surface area contributed by atoms with Gasteiger partial charge in [-0.05, 0) is 31.7 Å². The molecule has 0 bridgehead atoms. The summed E-state index contributed by atoms with van der Waals surface area (Å²) in [5.74, 6) is -1.26. The summed E-state index contributed by atoms with van der Waals surface area (Å²) in [5, 5.41) is 11.8. The zero-order chi connectivity index (χ0) is 14.5. The molecular weight excluding hydrogens is 260 g/mol. The molecule has 0 aliphatic heterocycles. The average Bonchev–Trinajstić information content (AvgIpc) is 2.42. The molecule has 20 heavy (non-hydrogen) atoms. The van der Waals surface area contributed by atoms with Gasteiger partial charge in [-0.3, -0.25) is 14.4 Å². The zero-order valence-electron chi connectivity index (χ0n) is 11.1. The van der Waals surface area contributed by atoms with Crippen molar-refractivity contribution in [1.82, 2.24) is 9.88 Å². The number of carbonyl (C=O) groups is 2. The van der Waals surface area contributed by atoms with Crippen LogP contribution in [0.3, 0.4) is 0 Å². The molecule has 2 rings (SSSR count). The van der Waals surface area contributed by atoms with Gasteiger partial charge in [0.25, 0.3) is 5.56 Å². The molecule has 0 radical (unpaired) electrons. The Morgan fingerprint density at radius 3 is 2.55 bits per heavy atom. The Balaban J connectivity index is 1.83. The highest BCUT2D eigenvalue weighted by atomic mass is 16.4. The van der Waals surface area contributed by atoms with E-state index in [1.807, 2.05) is 0 Å². The van der Waals surface area contributed by atoms with Gasteiger partial charge in [0.15, 0.2) is 0 Å². The Hall–Kier alpha value is -2.11. The lowest BCUT2D eigenvalue weighted by molar-refractivity contribution is -0.142. The van der Waals surface area contributed by atoms with E-state index in [1.54, 1.807) is 18.3 Å². The quantitative estimate of drug-likeness (QED) is 0.844. The molecule has 0 spiro atoms. The van der Waals surface area contributed by atoms with E-state index < -0.39 is 5.97 Å². The van der Waals surface area contributed by atoms with Crippen LogP contribution in [0.25, 0.3) is 0 Å². The number of nitrogens with one attached hydrogen (secondary N) is 1. The van der Waals surface area contributed by atoms with Crippen molar-refractivity contribution in [3.05, 3.63) is 34.7 Å². The van der Waals surface area contributed by atoms with Crippen molar-refractivity contribution in [3.8, 4) is 0 Å². The minimum absolute atomic E-state index is 0.00146. The van der Waals surface area contributed by atoms with Crippen LogP contribution in [0, 0.1) is 5.92 Å². The van der Waals surface area contributed by atoms with E-state index >= 15 is 0 Å². The van der Waals surface area contributed by atoms with Crippen molar-refractivity contribution in [2.45, 2.75) is 38.3 Å². The van der Waals surface area contributed by atoms with Crippen molar-refractivity contribution in [1.29, 1.82) is 0 Å². The van der Waals surface area contributed by atoms with Crippen LogP contribution in [0.4, 0.5) is 0 Å². The van der Waals surface area contributed by atoms with E-state index in [1.165, 1.54) is 10.6 Å². The first-order valence-corrected chi connectivity index (χ1v) is 6.74. The summed E-state index contributed by atoms with van der Waals surface area (Å²) in [6.07, 6.45) is 4.10. The van der Waals surface area contributed by atoms with Gasteiger partial charge in [0.2, 0.25) is 5.91 Å². The fourth-order valence-electron chi connectivity index (χ4n) is 2.50. The molecule has 1 aliphatic carbocycles. The van der Waals surface area contributed by atoms with Crippen LogP contribution >= 0.6 is 0 Å². The van der Waals surface area contributed by atoms with Crippen LogP contribution < -0.4 is 10.9 Å². The van der Waals surface area contributed by atoms with Crippen molar-refractivity contribution in [2.24, 2.45) is 5.92 Å². The molecule has 1 amide bonds. The second-order valence-corrected chi connectivity index (χ2v) is 5.12. The summed E-state index contributed by atoms with van der Waals surface area (Å²) in [6, 6.07) is 4.75. The molecule has 1 fully saturated rings. The molecule has 1 saturated carbocycles. The SMILES string of the molecule is O=C(Cn1ccccc1=O)NC1CCC(C(=O)O)CC1. The molecule has 1 aromatic heterocycles. The van der Waals surface area contributed by atoms with Crippen molar-refractivity contribution >= 4 is 11.9 Å². The van der Waals surface area contributed by atoms with Crippen LogP contribution in [-0.4, -0.2) is 27.6 Å². The molecule has 6 heteroatoms. The van der Waals surface area contributed by atoms with Gasteiger partial charge >= 0.3 is 5.97 Å². The lowest BCUT2D eigenvalue weighted by Gasteiger charge is -2.26. The van der Waals surface area contributed by atoms with E-state index in [2.05, 4.69) is 5.32 Å². The minimum Gasteiger partial charge on any atom is -0.481 e. The van der Waals surface area contributed by atoms with Gasteiger partial charge in [-0.1, -0.05) is 6.07 Å². The maximum Gasteiger partial charge on any atom is 0.306 e. The van der Waals surface area contributed by atoms with Gasteiger partial charge in [-0.25, -0.2) is 0 Å².